The summed E-state index contributed by atoms with van der Waals surface area (Å²) in [7, 11) is -2.89. The van der Waals surface area contributed by atoms with Gasteiger partial charge in [-0.25, -0.2) is 12.8 Å². The fraction of sp³-hybridized carbons (Fsp3) is 0.333. The second-order valence-electron chi connectivity index (χ2n) is 12.7. The third kappa shape index (κ3) is 8.80. The molecule has 12 heteroatoms. The molecular weight excluding hydrogens is 674 g/mol. The van der Waals surface area contributed by atoms with E-state index in [-0.39, 0.29) is 47.9 Å². The highest BCUT2D eigenvalue weighted by Gasteiger charge is 2.36. The summed E-state index contributed by atoms with van der Waals surface area (Å²) in [5.74, 6) is -0.270. The molecule has 4 aromatic carbocycles. The van der Waals surface area contributed by atoms with Crippen LogP contribution in [-0.4, -0.2) is 64.1 Å². The minimum Gasteiger partial charge on any atom is -0.497 e. The second kappa shape index (κ2) is 16.3. The number of ether oxygens (including phenoxy) is 3. The van der Waals surface area contributed by atoms with Gasteiger partial charge in [-0.1, -0.05) is 61.7 Å². The maximum Gasteiger partial charge on any atom is 0.264 e. The zero-order valence-electron chi connectivity index (χ0n) is 28.5. The number of nitrogens with one attached hydrogen (secondary N) is 1. The number of methoxy groups -OCH3 is 1. The Morgan fingerprint density at radius 3 is 2.29 bits per heavy atom. The number of carbonyl (C=O) groups excluding carboxylic acids is 2. The molecule has 1 unspecified atom stereocenters. The molecule has 51 heavy (non-hydrogen) atoms. The van der Waals surface area contributed by atoms with Gasteiger partial charge in [0.1, 0.15) is 37.4 Å². The van der Waals surface area contributed by atoms with Crippen molar-refractivity contribution in [2.45, 2.75) is 62.0 Å². The first-order chi connectivity index (χ1) is 24.7. The van der Waals surface area contributed by atoms with Crippen LogP contribution in [0.2, 0.25) is 0 Å². The third-order valence-corrected chi connectivity index (χ3v) is 11.0. The van der Waals surface area contributed by atoms with Crippen LogP contribution in [0.4, 0.5) is 10.1 Å². The summed E-state index contributed by atoms with van der Waals surface area (Å²) in [6, 6.07) is 24.7. The lowest BCUT2D eigenvalue weighted by atomic mass is 9.94. The number of anilines is 1. The first kappa shape index (κ1) is 35.7. The van der Waals surface area contributed by atoms with Gasteiger partial charge in [-0.05, 0) is 72.5 Å². The molecule has 0 spiro atoms. The van der Waals surface area contributed by atoms with Crippen LogP contribution >= 0.6 is 0 Å². The number of nitrogens with zero attached hydrogens (tertiary/aromatic N) is 2. The van der Waals surface area contributed by atoms with E-state index < -0.39 is 34.3 Å². The van der Waals surface area contributed by atoms with E-state index in [0.717, 1.165) is 54.1 Å². The largest absolute Gasteiger partial charge is 0.497 e. The summed E-state index contributed by atoms with van der Waals surface area (Å²) in [6.45, 7) is -0.0974. The highest BCUT2D eigenvalue weighted by Crippen LogP contribution is 2.34. The molecule has 0 saturated heterocycles. The highest BCUT2D eigenvalue weighted by atomic mass is 32.2. The minimum absolute atomic E-state index is 0.00699. The number of carbonyl (C=O) groups is 2. The van der Waals surface area contributed by atoms with Crippen LogP contribution < -0.4 is 23.8 Å². The molecule has 1 aliphatic heterocycles. The molecule has 10 nitrogen and oxygen atoms in total. The maximum absolute atomic E-state index is 14.8. The first-order valence-corrected chi connectivity index (χ1v) is 18.6. The van der Waals surface area contributed by atoms with Gasteiger partial charge < -0.3 is 24.4 Å². The summed E-state index contributed by atoms with van der Waals surface area (Å²) in [5.41, 5.74) is 1.60. The average molecular weight is 716 g/mol. The zero-order chi connectivity index (χ0) is 35.8. The Labute approximate surface area is 298 Å². The number of halogens is 1. The number of hydrogen-bond acceptors (Lipinski definition) is 7. The summed E-state index contributed by atoms with van der Waals surface area (Å²) >= 11 is 0. The third-order valence-electron chi connectivity index (χ3n) is 9.20. The molecule has 268 valence electrons. The molecular formula is C39H42FN3O7S. The number of rotatable bonds is 13. The molecule has 1 fully saturated rings. The molecule has 1 heterocycles. The van der Waals surface area contributed by atoms with Gasteiger partial charge in [-0.15, -0.1) is 0 Å². The van der Waals surface area contributed by atoms with Gasteiger partial charge >= 0.3 is 0 Å². The standard InChI is InChI=1S/C39H42FN3O7S/c1-48-33-14-8-11-29(23-33)26-42(35(24-28-9-4-2-5-10-28)39(45)41-31-12-6-3-7-13-31)38(44)27-43(32-17-15-30(40)16-18-32)51(46,47)34-19-20-36-37(25-34)50-22-21-49-36/h2,4-5,8-11,14-20,23,25,31,35H,3,6-7,12-13,21-22,24,26-27H2,1H3,(H,41,45). The Hall–Kier alpha value is -5.10. The molecule has 2 aliphatic rings. The normalized spacial score (nSPS) is 15.0. The summed E-state index contributed by atoms with van der Waals surface area (Å²) in [6.07, 6.45) is 5.01. The number of sulfonamides is 1. The van der Waals surface area contributed by atoms with Gasteiger partial charge in [-0.2, -0.15) is 0 Å². The number of amides is 2. The quantitative estimate of drug-likeness (QED) is 0.184. The van der Waals surface area contributed by atoms with Crippen LogP contribution in [0.3, 0.4) is 0 Å². The van der Waals surface area contributed by atoms with Crippen LogP contribution in [0.1, 0.15) is 43.2 Å². The van der Waals surface area contributed by atoms with E-state index in [4.69, 9.17) is 14.2 Å². The van der Waals surface area contributed by atoms with Crippen molar-refractivity contribution < 1.29 is 36.6 Å². The summed E-state index contributed by atoms with van der Waals surface area (Å²) in [4.78, 5) is 30.4. The predicted octanol–water partition coefficient (Wildman–Crippen LogP) is 5.89. The van der Waals surface area contributed by atoms with Crippen LogP contribution in [0.5, 0.6) is 17.2 Å². The molecule has 0 radical (unpaired) electrons. The van der Waals surface area contributed by atoms with Crippen molar-refractivity contribution in [3.05, 3.63) is 114 Å². The lowest BCUT2D eigenvalue weighted by Crippen LogP contribution is -2.55. The van der Waals surface area contributed by atoms with Crippen LogP contribution in [0.15, 0.2) is 102 Å². The van der Waals surface area contributed by atoms with Gasteiger partial charge in [0.15, 0.2) is 11.5 Å². The average Bonchev–Trinajstić information content (AvgIpc) is 3.16. The maximum atomic E-state index is 14.8. The van der Waals surface area contributed by atoms with E-state index in [0.29, 0.717) is 23.7 Å². The van der Waals surface area contributed by atoms with Crippen molar-refractivity contribution in [1.82, 2.24) is 10.2 Å². The van der Waals surface area contributed by atoms with E-state index in [1.165, 1.54) is 35.2 Å². The first-order valence-electron chi connectivity index (χ1n) is 17.2. The lowest BCUT2D eigenvalue weighted by Gasteiger charge is -2.35. The molecule has 6 rings (SSSR count). The van der Waals surface area contributed by atoms with Gasteiger partial charge in [0.05, 0.1) is 17.7 Å². The van der Waals surface area contributed by atoms with Crippen molar-refractivity contribution in [3.63, 3.8) is 0 Å². The monoisotopic (exact) mass is 715 g/mol. The van der Waals surface area contributed by atoms with E-state index in [1.54, 1.807) is 25.3 Å². The van der Waals surface area contributed by atoms with Crippen molar-refractivity contribution in [2.24, 2.45) is 0 Å². The number of hydrogen-bond donors (Lipinski definition) is 1. The van der Waals surface area contributed by atoms with Gasteiger partial charge in [0.2, 0.25) is 11.8 Å². The topological polar surface area (TPSA) is 114 Å². The lowest BCUT2D eigenvalue weighted by molar-refractivity contribution is -0.140. The Morgan fingerprint density at radius 1 is 0.863 bits per heavy atom. The molecule has 0 bridgehead atoms. The predicted molar refractivity (Wildman–Crippen MR) is 191 cm³/mol. The van der Waals surface area contributed by atoms with Crippen molar-refractivity contribution in [1.29, 1.82) is 0 Å². The number of benzene rings is 4. The molecule has 1 aliphatic carbocycles. The fourth-order valence-corrected chi connectivity index (χ4v) is 7.94. The molecule has 1 atom stereocenters. The second-order valence-corrected chi connectivity index (χ2v) is 14.6. The van der Waals surface area contributed by atoms with Gasteiger partial charge in [0, 0.05) is 25.1 Å². The summed E-state index contributed by atoms with van der Waals surface area (Å²) < 4.78 is 60.6. The van der Waals surface area contributed by atoms with Crippen LogP contribution in [0.25, 0.3) is 0 Å². The summed E-state index contributed by atoms with van der Waals surface area (Å²) in [5, 5.41) is 3.20. The zero-order valence-corrected chi connectivity index (χ0v) is 29.3. The molecule has 1 saturated carbocycles. The number of fused-ring (bicyclic) bond motifs is 1. The SMILES string of the molecule is COc1cccc(CN(C(=O)CN(c2ccc(F)cc2)S(=O)(=O)c2ccc3c(c2)OCCO3)C(Cc2ccccc2)C(=O)NC2CCCCC2)c1. The Balaban J connectivity index is 1.40. The molecule has 4 aromatic rings. The Morgan fingerprint density at radius 2 is 1.57 bits per heavy atom. The van der Waals surface area contributed by atoms with Gasteiger partial charge in [-0.3, -0.25) is 13.9 Å². The smallest absolute Gasteiger partial charge is 0.264 e. The fourth-order valence-electron chi connectivity index (χ4n) is 6.51. The highest BCUT2D eigenvalue weighted by molar-refractivity contribution is 7.92. The van der Waals surface area contributed by atoms with Crippen molar-refractivity contribution >= 4 is 27.5 Å². The van der Waals surface area contributed by atoms with Crippen molar-refractivity contribution in [2.75, 3.05) is 31.2 Å². The molecule has 0 aromatic heterocycles. The van der Waals surface area contributed by atoms with Crippen LogP contribution in [-0.2, 0) is 32.6 Å². The Bertz CT molecular complexity index is 1920. The minimum atomic E-state index is -4.43. The Kier molecular flexibility index (Phi) is 11.4. The van der Waals surface area contributed by atoms with E-state index in [2.05, 4.69) is 5.32 Å². The van der Waals surface area contributed by atoms with Crippen molar-refractivity contribution in [3.8, 4) is 17.2 Å². The molecule has 1 N–H and O–H groups in total. The van der Waals surface area contributed by atoms with Crippen LogP contribution in [0, 0.1) is 5.82 Å². The van der Waals surface area contributed by atoms with E-state index in [9.17, 15) is 22.4 Å². The van der Waals surface area contributed by atoms with Gasteiger partial charge in [0.25, 0.3) is 10.0 Å². The van der Waals surface area contributed by atoms with E-state index in [1.807, 2.05) is 36.4 Å². The molecule has 2 amide bonds. The van der Waals surface area contributed by atoms with E-state index >= 15 is 0 Å².